The summed E-state index contributed by atoms with van der Waals surface area (Å²) in [5.41, 5.74) is 6.74. The van der Waals surface area contributed by atoms with Crippen molar-refractivity contribution in [2.75, 3.05) is 110 Å². The van der Waals surface area contributed by atoms with E-state index in [9.17, 15) is 23.3 Å². The largest absolute Gasteiger partial charge is 0.468 e. The maximum absolute atomic E-state index is 14.8. The summed E-state index contributed by atoms with van der Waals surface area (Å²) in [6.45, 7) is 13.6. The number of piperidine rings is 1. The van der Waals surface area contributed by atoms with Gasteiger partial charge in [-0.3, -0.25) is 19.8 Å². The van der Waals surface area contributed by atoms with E-state index in [1.54, 1.807) is 6.07 Å². The monoisotopic (exact) mass is 1120 g/mol. The Labute approximate surface area is 472 Å². The molecule has 0 radical (unpaired) electrons. The lowest BCUT2D eigenvalue weighted by atomic mass is 9.59. The van der Waals surface area contributed by atoms with Gasteiger partial charge in [-0.1, -0.05) is 24.3 Å². The molecule has 1 spiro atoms. The molecule has 3 N–H and O–H groups in total. The third-order valence-electron chi connectivity index (χ3n) is 18.4. The molecule has 6 aromatic rings. The first kappa shape index (κ1) is 53.3. The van der Waals surface area contributed by atoms with Crippen LogP contribution in [-0.4, -0.2) is 149 Å². The Morgan fingerprint density at radius 1 is 0.852 bits per heavy atom. The zero-order valence-electron chi connectivity index (χ0n) is 46.0. The van der Waals surface area contributed by atoms with Crippen LogP contribution in [0, 0.1) is 28.4 Å². The van der Waals surface area contributed by atoms with Crippen molar-refractivity contribution >= 4 is 66.9 Å². The van der Waals surface area contributed by atoms with Crippen LogP contribution in [0.2, 0.25) is 0 Å². The van der Waals surface area contributed by atoms with Crippen molar-refractivity contribution in [1.29, 1.82) is 0 Å². The third-order valence-corrected chi connectivity index (χ3v) is 19.8. The van der Waals surface area contributed by atoms with Gasteiger partial charge < -0.3 is 48.8 Å². The van der Waals surface area contributed by atoms with Gasteiger partial charge in [0.25, 0.3) is 21.6 Å². The van der Waals surface area contributed by atoms with Gasteiger partial charge >= 0.3 is 0 Å². The van der Waals surface area contributed by atoms with E-state index in [2.05, 4.69) is 89.8 Å². The number of hydrogen-bond donors (Lipinski definition) is 3. The summed E-state index contributed by atoms with van der Waals surface area (Å²) >= 11 is 0. The highest BCUT2D eigenvalue weighted by atomic mass is 32.2. The molecule has 13 rings (SSSR count). The number of nitrogens with one attached hydrogen (secondary N) is 3. The fraction of sp³-hybridized carbons (Fsp3) is 0.483. The van der Waals surface area contributed by atoms with Crippen molar-refractivity contribution in [3.05, 3.63) is 124 Å². The minimum atomic E-state index is -4.62. The molecule has 1 aliphatic carbocycles. The number of carbonyl (C=O) groups is 1. The molecule has 20 nitrogen and oxygen atoms in total. The number of fused-ring (bicyclic) bond motifs is 3. The van der Waals surface area contributed by atoms with Gasteiger partial charge in [-0.15, -0.1) is 0 Å². The lowest BCUT2D eigenvalue weighted by Crippen LogP contribution is -2.60. The van der Waals surface area contributed by atoms with Gasteiger partial charge in [-0.05, 0) is 130 Å². The van der Waals surface area contributed by atoms with Gasteiger partial charge in [0.15, 0.2) is 0 Å². The molecule has 4 atom stereocenters. The predicted octanol–water partition coefficient (Wildman–Crippen LogP) is 8.36. The SMILES string of the molecule is Cc1ccccc1[C@@H]1CN(c2ccnc(N3CCOC[C@H]3C)c2)CCN1C1CC2(CCN(c3ccc(C(=O)NS(=O)(=O)c4ccc(NCC5CCOCC5)c([N+](=O)[O-])c4)c(N4c5cc6cc[nH]c6nc5O[C@H]5COCC[C@@H]54)c3)CC2)C1. The second-order valence-electron chi connectivity index (χ2n) is 23.3. The number of nitro benzene ring substituents is 1. The maximum Gasteiger partial charge on any atom is 0.293 e. The number of nitrogens with zero attached hydrogens (tertiary/aromatic N) is 8. The summed E-state index contributed by atoms with van der Waals surface area (Å²) in [5.74, 6) is 0.769. The van der Waals surface area contributed by atoms with Gasteiger partial charge in [0.05, 0.1) is 59.0 Å². The van der Waals surface area contributed by atoms with Crippen LogP contribution in [0.25, 0.3) is 11.0 Å². The number of morpholine rings is 1. The molecular weight excluding hydrogens is 1050 g/mol. The molecular formula is C60H71N11O9S. The summed E-state index contributed by atoms with van der Waals surface area (Å²) in [6, 6.07) is 27.2. The van der Waals surface area contributed by atoms with Crippen LogP contribution in [0.4, 0.5) is 39.9 Å². The third kappa shape index (κ3) is 10.5. The standard InChI is InChI=1S/C60H71N11O9S/c1-39-5-3-4-6-47(39)54-36-67(44-12-19-61-56(31-44)68-24-28-79-37-40(68)2)22-23-69(54)45-33-60(34-45)16-20-66(21-17-60)43-7-9-48(51(30-43)70-50-15-27-78-38-55(50)80-59-53(70)29-42-11-18-62-57(42)64-59)58(72)65-81(75,76)46-8-10-49(52(32-46)71(73)74)63-35-41-13-25-77-26-14-41/h3-12,18-19,29-32,40-41,45,50,54-55,63H,13-17,20-28,33-38H2,1-2H3,(H,62,64)(H,65,72)/t40-,50+,54+,55+/m1/s1. The Morgan fingerprint density at radius 3 is 2.47 bits per heavy atom. The molecule has 0 unspecified atom stereocenters. The molecule has 3 aromatic heterocycles. The van der Waals surface area contributed by atoms with Crippen molar-refractivity contribution in [3.8, 4) is 5.88 Å². The van der Waals surface area contributed by atoms with Gasteiger partial charge in [-0.2, -0.15) is 4.98 Å². The number of sulfonamides is 1. The molecule has 6 fully saturated rings. The van der Waals surface area contributed by atoms with E-state index < -0.39 is 37.5 Å². The van der Waals surface area contributed by atoms with Crippen molar-refractivity contribution < 1.29 is 37.1 Å². The highest BCUT2D eigenvalue weighted by Crippen LogP contribution is 2.54. The molecule has 1 amide bonds. The van der Waals surface area contributed by atoms with E-state index in [4.69, 9.17) is 28.9 Å². The summed E-state index contributed by atoms with van der Waals surface area (Å²) < 4.78 is 54.5. The van der Waals surface area contributed by atoms with Crippen LogP contribution in [-0.2, 0) is 24.2 Å². The first-order chi connectivity index (χ1) is 39.4. The first-order valence-electron chi connectivity index (χ1n) is 28.8. The Kier molecular flexibility index (Phi) is 14.5. The molecule has 0 bridgehead atoms. The fourth-order valence-corrected chi connectivity index (χ4v) is 14.8. The smallest absolute Gasteiger partial charge is 0.293 e. The average molecular weight is 1120 g/mol. The highest BCUT2D eigenvalue weighted by Gasteiger charge is 2.50. The van der Waals surface area contributed by atoms with Crippen LogP contribution < -0.4 is 34.4 Å². The molecule has 3 aromatic carbocycles. The Hall–Kier alpha value is -7.04. The van der Waals surface area contributed by atoms with Crippen molar-refractivity contribution in [3.63, 3.8) is 0 Å². The number of anilines is 6. The van der Waals surface area contributed by atoms with Crippen LogP contribution in [0.5, 0.6) is 5.88 Å². The lowest BCUT2D eigenvalue weighted by Gasteiger charge is -2.58. The number of hydrogen-bond acceptors (Lipinski definition) is 17. The highest BCUT2D eigenvalue weighted by molar-refractivity contribution is 7.90. The number of nitro groups is 1. The first-order valence-corrected chi connectivity index (χ1v) is 30.3. The van der Waals surface area contributed by atoms with E-state index in [0.29, 0.717) is 81.6 Å². The fourth-order valence-electron chi connectivity index (χ4n) is 13.8. The molecule has 1 saturated carbocycles. The second kappa shape index (κ2) is 22.0. The normalized spacial score (nSPS) is 23.6. The Bertz CT molecular complexity index is 3430. The Morgan fingerprint density at radius 2 is 1.65 bits per heavy atom. The van der Waals surface area contributed by atoms with Crippen LogP contribution in [0.1, 0.15) is 79.4 Å². The number of ether oxygens (including phenoxy) is 4. The molecule has 7 aliphatic rings. The summed E-state index contributed by atoms with van der Waals surface area (Å²) in [7, 11) is -4.62. The number of aryl methyl sites for hydroxylation is 1. The number of aromatic amines is 1. The van der Waals surface area contributed by atoms with Crippen molar-refractivity contribution in [1.82, 2.24) is 24.6 Å². The number of piperazine rings is 1. The van der Waals surface area contributed by atoms with Crippen molar-refractivity contribution in [2.24, 2.45) is 11.3 Å². The number of pyridine rings is 2. The topological polar surface area (TPSA) is 213 Å². The number of carbonyl (C=O) groups excluding carboxylic acids is 1. The van der Waals surface area contributed by atoms with E-state index in [1.807, 2.05) is 36.7 Å². The van der Waals surface area contributed by atoms with Gasteiger partial charge in [0.2, 0.25) is 5.88 Å². The minimum absolute atomic E-state index is 0.119. The van der Waals surface area contributed by atoms with Crippen LogP contribution in [0.15, 0.2) is 102 Å². The molecule has 9 heterocycles. The Balaban J connectivity index is 0.755. The summed E-state index contributed by atoms with van der Waals surface area (Å²) in [6.07, 6.45) is 9.84. The molecule has 426 valence electrons. The summed E-state index contributed by atoms with van der Waals surface area (Å²) in [5, 5.41) is 16.4. The van der Waals surface area contributed by atoms with Gasteiger partial charge in [0, 0.05) is 113 Å². The molecule has 5 saturated heterocycles. The minimum Gasteiger partial charge on any atom is -0.468 e. The van der Waals surface area contributed by atoms with Gasteiger partial charge in [-0.25, -0.2) is 18.1 Å². The average Bonchev–Trinajstić information content (AvgIpc) is 4.03. The van der Waals surface area contributed by atoms with Crippen molar-refractivity contribution in [2.45, 2.75) is 94.0 Å². The van der Waals surface area contributed by atoms with Gasteiger partial charge in [0.1, 0.15) is 28.9 Å². The number of H-pyrrole nitrogens is 1. The molecule has 81 heavy (non-hydrogen) atoms. The molecule has 6 aliphatic heterocycles. The maximum atomic E-state index is 14.8. The predicted molar refractivity (Wildman–Crippen MR) is 310 cm³/mol. The van der Waals surface area contributed by atoms with E-state index in [1.165, 1.54) is 28.9 Å². The quantitative estimate of drug-likeness (QED) is 0.0732. The zero-order chi connectivity index (χ0) is 55.4. The van der Waals surface area contributed by atoms with E-state index in [0.717, 1.165) is 101 Å². The summed E-state index contributed by atoms with van der Waals surface area (Å²) in [4.78, 5) is 51.2. The number of aromatic nitrogens is 3. The number of benzene rings is 3. The van der Waals surface area contributed by atoms with E-state index in [-0.39, 0.29) is 40.7 Å². The molecule has 21 heteroatoms. The lowest BCUT2D eigenvalue weighted by molar-refractivity contribution is -0.384. The zero-order valence-corrected chi connectivity index (χ0v) is 46.8. The number of rotatable bonds is 13. The second-order valence-corrected chi connectivity index (χ2v) is 25.0. The van der Waals surface area contributed by atoms with Crippen LogP contribution in [0.3, 0.4) is 0 Å². The van der Waals surface area contributed by atoms with E-state index >= 15 is 0 Å². The number of amides is 1. The van der Waals surface area contributed by atoms with Crippen LogP contribution >= 0.6 is 0 Å².